The first-order valence-corrected chi connectivity index (χ1v) is 6.75. The van der Waals surface area contributed by atoms with Crippen molar-refractivity contribution in [2.45, 2.75) is 0 Å². The summed E-state index contributed by atoms with van der Waals surface area (Å²) in [6.45, 7) is 23.3. The molecule has 0 atom stereocenters. The molecule has 1 rings (SSSR count). The summed E-state index contributed by atoms with van der Waals surface area (Å²) in [7, 11) is 0. The first-order chi connectivity index (χ1) is 11.6. The van der Waals surface area contributed by atoms with Gasteiger partial charge >= 0.3 is 0 Å². The molecular formula is C22H26N2. The number of benzene rings is 1. The van der Waals surface area contributed by atoms with E-state index in [0.29, 0.717) is 0 Å². The van der Waals surface area contributed by atoms with E-state index in [1.807, 2.05) is 36.4 Å². The third-order valence-corrected chi connectivity index (χ3v) is 1.55. The highest BCUT2D eigenvalue weighted by atomic mass is 14.2. The van der Waals surface area contributed by atoms with Gasteiger partial charge in [0.1, 0.15) is 0 Å². The summed E-state index contributed by atoms with van der Waals surface area (Å²) in [5, 5.41) is 15.0. The molecule has 0 aliphatic rings. The second-order valence-electron chi connectivity index (χ2n) is 3.22. The summed E-state index contributed by atoms with van der Waals surface area (Å²) < 4.78 is 0. The van der Waals surface area contributed by atoms with Gasteiger partial charge in [0, 0.05) is 12.2 Å². The Morgan fingerprint density at radius 2 is 0.917 bits per heavy atom. The minimum atomic E-state index is 1.17. The number of nitriles is 2. The van der Waals surface area contributed by atoms with Crippen molar-refractivity contribution >= 4 is 6.08 Å². The normalized spacial score (nSPS) is 5.75. The van der Waals surface area contributed by atoms with Gasteiger partial charge in [-0.05, 0) is 5.56 Å². The molecular weight excluding hydrogens is 292 g/mol. The molecule has 124 valence electrons. The average molecular weight is 318 g/mol. The van der Waals surface area contributed by atoms with Crippen molar-refractivity contribution in [1.82, 2.24) is 0 Å². The molecule has 0 unspecified atom stereocenters. The quantitative estimate of drug-likeness (QED) is 0.475. The van der Waals surface area contributed by atoms with Crippen LogP contribution < -0.4 is 0 Å². The van der Waals surface area contributed by atoms with E-state index in [1.54, 1.807) is 36.4 Å². The van der Waals surface area contributed by atoms with Crippen LogP contribution in [0.4, 0.5) is 0 Å². The molecule has 0 fully saturated rings. The molecule has 1 aromatic carbocycles. The number of rotatable bonds is 3. The first kappa shape index (κ1) is 28.5. The Bertz CT molecular complexity index is 496. The van der Waals surface area contributed by atoms with Crippen LogP contribution in [0.1, 0.15) is 5.56 Å². The second-order valence-corrected chi connectivity index (χ2v) is 3.22. The predicted octanol–water partition coefficient (Wildman–Crippen LogP) is 6.44. The van der Waals surface area contributed by atoms with Crippen molar-refractivity contribution in [3.63, 3.8) is 0 Å². The lowest BCUT2D eigenvalue weighted by Crippen LogP contribution is -1.63. The lowest BCUT2D eigenvalue weighted by molar-refractivity contribution is 1.54. The summed E-state index contributed by atoms with van der Waals surface area (Å²) in [4.78, 5) is 0. The van der Waals surface area contributed by atoms with Gasteiger partial charge in [0.25, 0.3) is 0 Å². The van der Waals surface area contributed by atoms with E-state index < -0.39 is 0 Å². The van der Waals surface area contributed by atoms with Crippen LogP contribution in [-0.2, 0) is 0 Å². The van der Waals surface area contributed by atoms with E-state index in [9.17, 15) is 0 Å². The summed E-state index contributed by atoms with van der Waals surface area (Å²) in [5.41, 5.74) is 1.17. The van der Waals surface area contributed by atoms with Crippen LogP contribution >= 0.6 is 0 Å². The van der Waals surface area contributed by atoms with Crippen LogP contribution in [0.25, 0.3) is 6.08 Å². The third kappa shape index (κ3) is 51.5. The van der Waals surface area contributed by atoms with Gasteiger partial charge < -0.3 is 0 Å². The molecule has 0 spiro atoms. The number of nitrogens with zero attached hydrogens (tertiary/aromatic N) is 2. The van der Waals surface area contributed by atoms with Crippen LogP contribution in [0, 0.1) is 22.7 Å². The van der Waals surface area contributed by atoms with E-state index in [1.165, 1.54) is 17.7 Å². The maximum atomic E-state index is 7.51. The van der Waals surface area contributed by atoms with Gasteiger partial charge in [-0.3, -0.25) is 0 Å². The standard InChI is InChI=1S/C8H8.2C4H6.2C3H3N/c1-2-8-6-4-3-5-7-8;2*1-3-4-2;2*1-2-3-4/h2-7H,1H2;2*3-4H,1-2H2;2*2H,1H2. The highest BCUT2D eigenvalue weighted by molar-refractivity contribution is 5.45. The molecule has 0 bridgehead atoms. The predicted molar refractivity (Wildman–Crippen MR) is 109 cm³/mol. The molecule has 0 aromatic heterocycles. The van der Waals surface area contributed by atoms with Gasteiger partial charge in [-0.1, -0.05) is 107 Å². The first-order valence-electron chi connectivity index (χ1n) is 6.75. The van der Waals surface area contributed by atoms with Crippen LogP contribution in [0.3, 0.4) is 0 Å². The zero-order valence-corrected chi connectivity index (χ0v) is 14.3. The average Bonchev–Trinajstić information content (AvgIpc) is 2.69. The number of hydrogen-bond acceptors (Lipinski definition) is 2. The lowest BCUT2D eigenvalue weighted by Gasteiger charge is -1.85. The monoisotopic (exact) mass is 318 g/mol. The molecule has 0 radical (unpaired) electrons. The van der Waals surface area contributed by atoms with E-state index in [0.717, 1.165) is 0 Å². The maximum absolute atomic E-state index is 7.51. The fourth-order valence-electron chi connectivity index (χ4n) is 0.589. The fraction of sp³-hybridized carbons (Fsp3) is 0. The van der Waals surface area contributed by atoms with Crippen LogP contribution in [-0.4, -0.2) is 0 Å². The summed E-state index contributed by atoms with van der Waals surface area (Å²) >= 11 is 0. The topological polar surface area (TPSA) is 47.6 Å². The van der Waals surface area contributed by atoms with Gasteiger partial charge in [-0.2, -0.15) is 10.5 Å². The number of allylic oxidation sites excluding steroid dienone is 6. The van der Waals surface area contributed by atoms with Crippen LogP contribution in [0.15, 0.2) is 113 Å². The van der Waals surface area contributed by atoms with Gasteiger partial charge in [-0.15, -0.1) is 0 Å². The molecule has 2 nitrogen and oxygen atoms in total. The molecule has 0 heterocycles. The molecule has 0 N–H and O–H groups in total. The van der Waals surface area contributed by atoms with Gasteiger partial charge in [0.2, 0.25) is 0 Å². The number of hydrogen-bond donors (Lipinski definition) is 0. The Balaban J connectivity index is -0.000000110. The Labute approximate surface area is 147 Å². The Hall–Kier alpha value is -3.62. The Morgan fingerprint density at radius 1 is 0.625 bits per heavy atom. The zero-order chi connectivity index (χ0) is 19.5. The van der Waals surface area contributed by atoms with Crippen molar-refractivity contribution in [2.24, 2.45) is 0 Å². The Kier molecular flexibility index (Phi) is 43.5. The van der Waals surface area contributed by atoms with Crippen LogP contribution in [0.2, 0.25) is 0 Å². The van der Waals surface area contributed by atoms with Crippen molar-refractivity contribution in [3.05, 3.63) is 118 Å². The lowest BCUT2D eigenvalue weighted by atomic mass is 10.2. The molecule has 0 amide bonds. The molecule has 1 aromatic rings. The Morgan fingerprint density at radius 3 is 1.04 bits per heavy atom. The van der Waals surface area contributed by atoms with Gasteiger partial charge in [0.05, 0.1) is 12.1 Å². The molecule has 0 saturated heterocycles. The molecule has 0 aliphatic carbocycles. The molecule has 0 aliphatic heterocycles. The largest absolute Gasteiger partial charge is 0.193 e. The van der Waals surface area contributed by atoms with Gasteiger partial charge in [-0.25, -0.2) is 0 Å². The molecule has 2 heteroatoms. The third-order valence-electron chi connectivity index (χ3n) is 1.55. The smallest absolute Gasteiger partial charge is 0.0905 e. The zero-order valence-electron chi connectivity index (χ0n) is 14.3. The van der Waals surface area contributed by atoms with Crippen LogP contribution in [0.5, 0.6) is 0 Å². The van der Waals surface area contributed by atoms with Crippen molar-refractivity contribution in [3.8, 4) is 12.1 Å². The summed E-state index contributed by atoms with van der Waals surface area (Å²) in [5.74, 6) is 0. The van der Waals surface area contributed by atoms with Crippen molar-refractivity contribution in [2.75, 3.05) is 0 Å². The van der Waals surface area contributed by atoms with E-state index in [-0.39, 0.29) is 0 Å². The minimum Gasteiger partial charge on any atom is -0.193 e. The SMILES string of the molecule is C=CC#N.C=CC#N.C=CC=C.C=CC=C.C=Cc1ccccc1. The molecule has 24 heavy (non-hydrogen) atoms. The second kappa shape index (κ2) is 36.6. The maximum Gasteiger partial charge on any atom is 0.0905 e. The van der Waals surface area contributed by atoms with E-state index in [2.05, 4.69) is 46.1 Å². The summed E-state index contributed by atoms with van der Waals surface area (Å²) in [6, 6.07) is 13.4. The van der Waals surface area contributed by atoms with Crippen molar-refractivity contribution < 1.29 is 0 Å². The fourth-order valence-corrected chi connectivity index (χ4v) is 0.589. The molecule has 0 saturated carbocycles. The van der Waals surface area contributed by atoms with E-state index >= 15 is 0 Å². The van der Waals surface area contributed by atoms with Gasteiger partial charge in [0.15, 0.2) is 0 Å². The highest BCUT2D eigenvalue weighted by Gasteiger charge is 1.75. The summed E-state index contributed by atoms with van der Waals surface area (Å²) in [6.07, 6.45) is 10.8. The van der Waals surface area contributed by atoms with E-state index in [4.69, 9.17) is 10.5 Å². The highest BCUT2D eigenvalue weighted by Crippen LogP contribution is 1.97. The van der Waals surface area contributed by atoms with Crippen molar-refractivity contribution in [1.29, 1.82) is 10.5 Å². The minimum absolute atomic E-state index is 1.17.